The maximum Gasteiger partial charge on any atom is 0.295 e. The molecular formula is C31H32FNO4. The summed E-state index contributed by atoms with van der Waals surface area (Å²) in [5.74, 6) is -1.37. The summed E-state index contributed by atoms with van der Waals surface area (Å²) < 4.78 is 19.3. The van der Waals surface area contributed by atoms with Crippen molar-refractivity contribution in [3.8, 4) is 5.75 Å². The van der Waals surface area contributed by atoms with E-state index in [4.69, 9.17) is 4.74 Å². The molecule has 1 saturated heterocycles. The van der Waals surface area contributed by atoms with Crippen LogP contribution < -0.4 is 4.74 Å². The molecular weight excluding hydrogens is 469 g/mol. The molecule has 6 heteroatoms. The monoisotopic (exact) mass is 501 g/mol. The number of amides is 1. The van der Waals surface area contributed by atoms with Crippen molar-refractivity contribution in [3.63, 3.8) is 0 Å². The highest BCUT2D eigenvalue weighted by Crippen LogP contribution is 2.42. The fourth-order valence-electron chi connectivity index (χ4n) is 4.72. The van der Waals surface area contributed by atoms with Crippen LogP contribution in [0.5, 0.6) is 5.75 Å². The second kappa shape index (κ2) is 10.2. The number of hydrogen-bond donors (Lipinski definition) is 1. The summed E-state index contributed by atoms with van der Waals surface area (Å²) in [5.41, 5.74) is 3.41. The Bertz CT molecular complexity index is 1370. The fourth-order valence-corrected chi connectivity index (χ4v) is 4.72. The van der Waals surface area contributed by atoms with Crippen LogP contribution >= 0.6 is 0 Å². The van der Waals surface area contributed by atoms with E-state index in [0.717, 1.165) is 11.1 Å². The molecule has 192 valence electrons. The van der Waals surface area contributed by atoms with E-state index < -0.39 is 17.7 Å². The summed E-state index contributed by atoms with van der Waals surface area (Å²) in [6, 6.07) is 17.9. The first kappa shape index (κ1) is 26.1. The topological polar surface area (TPSA) is 66.8 Å². The minimum Gasteiger partial charge on any atom is -0.507 e. The van der Waals surface area contributed by atoms with Gasteiger partial charge in [0.05, 0.1) is 18.2 Å². The number of ether oxygens (including phenoxy) is 1. The van der Waals surface area contributed by atoms with Crippen LogP contribution in [0.1, 0.15) is 61.6 Å². The summed E-state index contributed by atoms with van der Waals surface area (Å²) in [7, 11) is 0. The van der Waals surface area contributed by atoms with Crippen LogP contribution in [0.4, 0.5) is 4.39 Å². The molecule has 1 aliphatic heterocycles. The molecule has 1 fully saturated rings. The summed E-state index contributed by atoms with van der Waals surface area (Å²) in [5, 5.41) is 11.5. The Kier molecular flexibility index (Phi) is 7.21. The smallest absolute Gasteiger partial charge is 0.295 e. The second-order valence-corrected chi connectivity index (χ2v) is 10.4. The van der Waals surface area contributed by atoms with Gasteiger partial charge >= 0.3 is 0 Å². The van der Waals surface area contributed by atoms with E-state index in [0.29, 0.717) is 29.0 Å². The van der Waals surface area contributed by atoms with Crippen LogP contribution in [0.3, 0.4) is 0 Å². The van der Waals surface area contributed by atoms with Gasteiger partial charge in [-0.3, -0.25) is 9.59 Å². The molecule has 0 aromatic heterocycles. The third-order valence-electron chi connectivity index (χ3n) is 6.52. The zero-order chi connectivity index (χ0) is 26.9. The average Bonchev–Trinajstić information content (AvgIpc) is 3.09. The lowest BCUT2D eigenvalue weighted by atomic mass is 9.84. The van der Waals surface area contributed by atoms with Gasteiger partial charge in [-0.25, -0.2) is 4.39 Å². The Morgan fingerprint density at radius 1 is 1.03 bits per heavy atom. The van der Waals surface area contributed by atoms with Gasteiger partial charge in [-0.05, 0) is 60.7 Å². The first-order valence-electron chi connectivity index (χ1n) is 12.4. The van der Waals surface area contributed by atoms with Crippen LogP contribution in [0.15, 0.2) is 72.3 Å². The predicted molar refractivity (Wildman–Crippen MR) is 142 cm³/mol. The lowest BCUT2D eigenvalue weighted by Crippen LogP contribution is -2.29. The van der Waals surface area contributed by atoms with E-state index in [9.17, 15) is 19.1 Å². The van der Waals surface area contributed by atoms with E-state index in [1.165, 1.54) is 17.0 Å². The highest BCUT2D eigenvalue weighted by molar-refractivity contribution is 6.46. The van der Waals surface area contributed by atoms with Crippen molar-refractivity contribution < 1.29 is 23.8 Å². The first-order chi connectivity index (χ1) is 17.5. The van der Waals surface area contributed by atoms with Crippen LogP contribution in [0.2, 0.25) is 0 Å². The van der Waals surface area contributed by atoms with E-state index >= 15 is 0 Å². The van der Waals surface area contributed by atoms with Crippen LogP contribution in [-0.4, -0.2) is 28.3 Å². The maximum atomic E-state index is 13.5. The first-order valence-corrected chi connectivity index (χ1v) is 12.4. The third kappa shape index (κ3) is 5.29. The number of carbonyl (C=O) groups excluding carboxylic acids is 2. The minimum atomic E-state index is -0.797. The van der Waals surface area contributed by atoms with Gasteiger partial charge in [0.2, 0.25) is 0 Å². The predicted octanol–water partition coefficient (Wildman–Crippen LogP) is 6.45. The highest BCUT2D eigenvalue weighted by atomic mass is 19.1. The van der Waals surface area contributed by atoms with E-state index in [2.05, 4.69) is 0 Å². The molecule has 5 nitrogen and oxygen atoms in total. The number of ketones is 1. The summed E-state index contributed by atoms with van der Waals surface area (Å²) in [6.45, 7) is 10.6. The van der Waals surface area contributed by atoms with Crippen LogP contribution in [-0.2, 0) is 21.5 Å². The summed E-state index contributed by atoms with van der Waals surface area (Å²) >= 11 is 0. The van der Waals surface area contributed by atoms with Gasteiger partial charge in [-0.2, -0.15) is 0 Å². The molecule has 3 aromatic rings. The number of halogens is 1. The van der Waals surface area contributed by atoms with Gasteiger partial charge in [-0.1, -0.05) is 62.7 Å². The molecule has 1 N–H and O–H groups in total. The van der Waals surface area contributed by atoms with Crippen molar-refractivity contribution >= 4 is 17.4 Å². The van der Waals surface area contributed by atoms with Crippen molar-refractivity contribution in [2.75, 3.05) is 6.61 Å². The highest BCUT2D eigenvalue weighted by Gasteiger charge is 2.46. The summed E-state index contributed by atoms with van der Waals surface area (Å²) in [4.78, 5) is 28.1. The molecule has 37 heavy (non-hydrogen) atoms. The molecule has 1 unspecified atom stereocenters. The Labute approximate surface area is 217 Å². The number of carbonyl (C=O) groups is 2. The standard InChI is InChI=1S/C31H32FNO4/c1-6-37-25-15-12-22(17-24(25)31(3,4)5)28(34)26-27(21-9-7-8-19(2)16-21)33(30(36)29(26)35)18-20-10-13-23(32)14-11-20/h7-17,27,34H,6,18H2,1-5H3/b28-26-. The maximum absolute atomic E-state index is 13.5. The van der Waals surface area contributed by atoms with Crippen molar-refractivity contribution in [2.45, 2.75) is 52.6 Å². The molecule has 0 aliphatic carbocycles. The largest absolute Gasteiger partial charge is 0.507 e. The SMILES string of the molecule is CCOc1ccc(/C(O)=C2/C(=O)C(=O)N(Cc3ccc(F)cc3)C2c2cccc(C)c2)cc1C(C)(C)C. The van der Waals surface area contributed by atoms with E-state index in [1.54, 1.807) is 24.3 Å². The Balaban J connectivity index is 1.88. The van der Waals surface area contributed by atoms with Gasteiger partial charge in [0, 0.05) is 17.7 Å². The molecule has 4 rings (SSSR count). The Morgan fingerprint density at radius 3 is 2.35 bits per heavy atom. The zero-order valence-corrected chi connectivity index (χ0v) is 21.8. The lowest BCUT2D eigenvalue weighted by Gasteiger charge is -2.26. The molecule has 0 spiro atoms. The molecule has 0 bridgehead atoms. The van der Waals surface area contributed by atoms with Gasteiger partial charge in [0.25, 0.3) is 11.7 Å². The van der Waals surface area contributed by atoms with E-state index in [1.807, 2.05) is 65.0 Å². The molecule has 0 saturated carbocycles. The van der Waals surface area contributed by atoms with Crippen molar-refractivity contribution in [2.24, 2.45) is 0 Å². The van der Waals surface area contributed by atoms with Gasteiger partial charge in [0.15, 0.2) is 0 Å². The summed E-state index contributed by atoms with van der Waals surface area (Å²) in [6.07, 6.45) is 0. The second-order valence-electron chi connectivity index (χ2n) is 10.4. The molecule has 1 amide bonds. The van der Waals surface area contributed by atoms with Crippen molar-refractivity contribution in [3.05, 3.63) is 106 Å². The third-order valence-corrected chi connectivity index (χ3v) is 6.52. The number of Topliss-reactive ketones (excluding diaryl/α,β-unsaturated/α-hetero) is 1. The van der Waals surface area contributed by atoms with Crippen LogP contribution in [0, 0.1) is 12.7 Å². The normalized spacial score (nSPS) is 17.4. The molecule has 0 radical (unpaired) electrons. The zero-order valence-electron chi connectivity index (χ0n) is 21.8. The molecule has 3 aromatic carbocycles. The number of rotatable bonds is 6. The van der Waals surface area contributed by atoms with Gasteiger partial charge in [-0.15, -0.1) is 0 Å². The van der Waals surface area contributed by atoms with Gasteiger partial charge in [0.1, 0.15) is 17.3 Å². The number of likely N-dealkylation sites (tertiary alicyclic amines) is 1. The fraction of sp³-hybridized carbons (Fsp3) is 0.290. The quantitative estimate of drug-likeness (QED) is 0.239. The van der Waals surface area contributed by atoms with Crippen molar-refractivity contribution in [1.29, 1.82) is 0 Å². The molecule has 1 heterocycles. The average molecular weight is 502 g/mol. The van der Waals surface area contributed by atoms with Gasteiger partial charge < -0.3 is 14.7 Å². The van der Waals surface area contributed by atoms with Crippen molar-refractivity contribution in [1.82, 2.24) is 4.90 Å². The minimum absolute atomic E-state index is 0.0294. The lowest BCUT2D eigenvalue weighted by molar-refractivity contribution is -0.140. The Hall–Kier alpha value is -3.93. The van der Waals surface area contributed by atoms with E-state index in [-0.39, 0.29) is 29.1 Å². The van der Waals surface area contributed by atoms with Crippen LogP contribution in [0.25, 0.3) is 5.76 Å². The molecule has 1 aliphatic rings. The number of aryl methyl sites for hydroxylation is 1. The number of aliphatic hydroxyl groups excluding tert-OH is 1. The number of benzene rings is 3. The number of nitrogens with zero attached hydrogens (tertiary/aromatic N) is 1. The Morgan fingerprint density at radius 2 is 1.73 bits per heavy atom. The number of aliphatic hydroxyl groups is 1. The number of hydrogen-bond acceptors (Lipinski definition) is 4. The molecule has 1 atom stereocenters.